The van der Waals surface area contributed by atoms with Crippen LogP contribution in [-0.4, -0.2) is 37.4 Å². The van der Waals surface area contributed by atoms with Gasteiger partial charge in [0.05, 0.1) is 11.2 Å². The van der Waals surface area contributed by atoms with Crippen molar-refractivity contribution in [2.45, 2.75) is 105 Å². The Labute approximate surface area is 170 Å². The summed E-state index contributed by atoms with van der Waals surface area (Å²) in [6, 6.07) is 0. The van der Waals surface area contributed by atoms with Crippen LogP contribution >= 0.6 is 22.6 Å². The van der Waals surface area contributed by atoms with Crippen LogP contribution in [0.4, 0.5) is 0 Å². The van der Waals surface area contributed by atoms with Gasteiger partial charge in [0.1, 0.15) is 10.0 Å². The van der Waals surface area contributed by atoms with Crippen LogP contribution in [0.25, 0.3) is 0 Å². The molecule has 0 spiro atoms. The number of hydrogen-bond acceptors (Lipinski definition) is 4. The van der Waals surface area contributed by atoms with E-state index >= 15 is 0 Å². The van der Waals surface area contributed by atoms with Crippen molar-refractivity contribution in [3.05, 3.63) is 0 Å². The van der Waals surface area contributed by atoms with Crippen LogP contribution < -0.4 is 0 Å². The zero-order valence-electron chi connectivity index (χ0n) is 15.9. The number of rotatable bonds is 5. The second-order valence-corrected chi connectivity index (χ2v) is 11.1. The van der Waals surface area contributed by atoms with E-state index in [4.69, 9.17) is 4.74 Å². The SMILES string of the molecule is CCC(I)C(=O)OC1CC2(C3(O)CCCC3)CC1C(C1(O)CCCC1)C2. The van der Waals surface area contributed by atoms with Gasteiger partial charge in [-0.2, -0.15) is 0 Å². The Morgan fingerprint density at radius 1 is 1.08 bits per heavy atom. The van der Waals surface area contributed by atoms with Crippen molar-refractivity contribution in [3.8, 4) is 0 Å². The summed E-state index contributed by atoms with van der Waals surface area (Å²) in [4.78, 5) is 12.5. The minimum Gasteiger partial charge on any atom is -0.461 e. The number of hydrogen-bond donors (Lipinski definition) is 2. The van der Waals surface area contributed by atoms with E-state index in [2.05, 4.69) is 22.6 Å². The lowest BCUT2D eigenvalue weighted by molar-refractivity contribution is -0.161. The van der Waals surface area contributed by atoms with Crippen molar-refractivity contribution in [2.75, 3.05) is 0 Å². The van der Waals surface area contributed by atoms with Gasteiger partial charge in [-0.1, -0.05) is 55.2 Å². The molecule has 2 bridgehead atoms. The highest BCUT2D eigenvalue weighted by atomic mass is 127. The highest BCUT2D eigenvalue weighted by Crippen LogP contribution is 2.68. The number of alkyl halides is 1. The molecule has 0 aromatic carbocycles. The van der Waals surface area contributed by atoms with Gasteiger partial charge in [0.25, 0.3) is 0 Å². The van der Waals surface area contributed by atoms with Gasteiger partial charge >= 0.3 is 5.97 Å². The number of esters is 1. The van der Waals surface area contributed by atoms with Gasteiger partial charge in [0.15, 0.2) is 0 Å². The van der Waals surface area contributed by atoms with Crippen LogP contribution in [0.1, 0.15) is 84.0 Å². The Morgan fingerprint density at radius 3 is 2.31 bits per heavy atom. The third-order valence-electron chi connectivity index (χ3n) is 8.28. The molecule has 4 aliphatic carbocycles. The summed E-state index contributed by atoms with van der Waals surface area (Å²) in [5, 5.41) is 22.8. The molecule has 4 fully saturated rings. The van der Waals surface area contributed by atoms with E-state index in [1.807, 2.05) is 6.92 Å². The molecule has 5 heteroatoms. The molecule has 0 radical (unpaired) electrons. The molecule has 148 valence electrons. The van der Waals surface area contributed by atoms with Crippen molar-refractivity contribution < 1.29 is 19.7 Å². The van der Waals surface area contributed by atoms with Gasteiger partial charge in [0, 0.05) is 11.3 Å². The Kier molecular flexibility index (Phi) is 5.14. The predicted molar refractivity (Wildman–Crippen MR) is 108 cm³/mol. The Morgan fingerprint density at radius 2 is 1.69 bits per heavy atom. The summed E-state index contributed by atoms with van der Waals surface area (Å²) in [5.74, 6) is 0.277. The molecular formula is C21H33IO4. The smallest absolute Gasteiger partial charge is 0.319 e. The highest BCUT2D eigenvalue weighted by molar-refractivity contribution is 14.1. The van der Waals surface area contributed by atoms with Crippen LogP contribution in [0.2, 0.25) is 0 Å². The maximum atomic E-state index is 12.5. The van der Waals surface area contributed by atoms with Gasteiger partial charge in [-0.15, -0.1) is 0 Å². The lowest BCUT2D eigenvalue weighted by atomic mass is 9.64. The Bertz CT molecular complexity index is 552. The summed E-state index contributed by atoms with van der Waals surface area (Å²) < 4.78 is 5.89. The molecule has 4 aliphatic rings. The Balaban J connectivity index is 1.60. The van der Waals surface area contributed by atoms with E-state index in [9.17, 15) is 15.0 Å². The summed E-state index contributed by atoms with van der Waals surface area (Å²) in [6.07, 6.45) is 11.1. The van der Waals surface area contributed by atoms with Crippen molar-refractivity contribution in [1.82, 2.24) is 0 Å². The topological polar surface area (TPSA) is 66.8 Å². The van der Waals surface area contributed by atoms with Gasteiger partial charge < -0.3 is 14.9 Å². The van der Waals surface area contributed by atoms with Crippen molar-refractivity contribution in [3.63, 3.8) is 0 Å². The summed E-state index contributed by atoms with van der Waals surface area (Å²) in [7, 11) is 0. The molecule has 4 nitrogen and oxygen atoms in total. The fourth-order valence-corrected chi connectivity index (χ4v) is 7.02. The zero-order chi connectivity index (χ0) is 18.6. The zero-order valence-corrected chi connectivity index (χ0v) is 18.0. The average Bonchev–Trinajstić information content (AvgIpc) is 3.38. The van der Waals surface area contributed by atoms with Gasteiger partial charge in [-0.05, 0) is 57.3 Å². The fourth-order valence-electron chi connectivity index (χ4n) is 6.87. The van der Waals surface area contributed by atoms with Crippen LogP contribution in [-0.2, 0) is 9.53 Å². The van der Waals surface area contributed by atoms with E-state index in [0.29, 0.717) is 0 Å². The first kappa shape index (κ1) is 19.4. The standard InChI is InChI=1S/C21H33IO4/c1-2-16(22)18(23)26-17-13-19(21(25)9-5-6-10-21)11-14(17)15(12-19)20(24)7-3-4-8-20/h14-17,24-25H,2-13H2,1H3. The normalized spacial score (nSPS) is 41.5. The van der Waals surface area contributed by atoms with E-state index in [-0.39, 0.29) is 33.2 Å². The second kappa shape index (κ2) is 6.87. The molecule has 0 saturated heterocycles. The number of fused-ring (bicyclic) bond motifs is 2. The molecule has 26 heavy (non-hydrogen) atoms. The van der Waals surface area contributed by atoms with E-state index < -0.39 is 11.2 Å². The minimum atomic E-state index is -0.620. The lowest BCUT2D eigenvalue weighted by Crippen LogP contribution is -2.50. The highest BCUT2D eigenvalue weighted by Gasteiger charge is 2.68. The maximum absolute atomic E-state index is 12.5. The maximum Gasteiger partial charge on any atom is 0.319 e. The average molecular weight is 476 g/mol. The summed E-state index contributed by atoms with van der Waals surface area (Å²) >= 11 is 2.17. The Hall–Kier alpha value is 0.120. The third kappa shape index (κ3) is 2.95. The predicted octanol–water partition coefficient (Wildman–Crippen LogP) is 4.14. The number of ether oxygens (including phenoxy) is 1. The third-order valence-corrected chi connectivity index (χ3v) is 9.67. The molecule has 0 heterocycles. The molecule has 0 aliphatic heterocycles. The van der Waals surface area contributed by atoms with Gasteiger partial charge in [-0.3, -0.25) is 4.79 Å². The molecule has 0 amide bonds. The molecular weight excluding hydrogens is 443 g/mol. The second-order valence-electron chi connectivity index (χ2n) is 9.56. The van der Waals surface area contributed by atoms with E-state index in [1.165, 1.54) is 0 Å². The number of carbonyl (C=O) groups is 1. The first-order valence-electron chi connectivity index (χ1n) is 10.6. The van der Waals surface area contributed by atoms with Crippen LogP contribution in [0.15, 0.2) is 0 Å². The van der Waals surface area contributed by atoms with E-state index in [0.717, 1.165) is 77.0 Å². The quantitative estimate of drug-likeness (QED) is 0.356. The fraction of sp³-hybridized carbons (Fsp3) is 0.952. The minimum absolute atomic E-state index is 0.106. The summed E-state index contributed by atoms with van der Waals surface area (Å²) in [5.41, 5.74) is -1.39. The summed E-state index contributed by atoms with van der Waals surface area (Å²) in [6.45, 7) is 2.01. The monoisotopic (exact) mass is 476 g/mol. The lowest BCUT2D eigenvalue weighted by Gasteiger charge is -2.46. The van der Waals surface area contributed by atoms with Gasteiger partial charge in [0.2, 0.25) is 0 Å². The molecule has 2 N–H and O–H groups in total. The van der Waals surface area contributed by atoms with E-state index in [1.54, 1.807) is 0 Å². The van der Waals surface area contributed by atoms with Crippen LogP contribution in [0.5, 0.6) is 0 Å². The van der Waals surface area contributed by atoms with Gasteiger partial charge in [-0.25, -0.2) is 0 Å². The number of halogens is 1. The van der Waals surface area contributed by atoms with Crippen LogP contribution in [0.3, 0.4) is 0 Å². The van der Waals surface area contributed by atoms with Crippen molar-refractivity contribution >= 4 is 28.6 Å². The molecule has 5 atom stereocenters. The number of aliphatic hydroxyl groups is 2. The van der Waals surface area contributed by atoms with Crippen LogP contribution in [0, 0.1) is 17.3 Å². The first-order valence-corrected chi connectivity index (χ1v) is 11.9. The van der Waals surface area contributed by atoms with Crippen molar-refractivity contribution in [1.29, 1.82) is 0 Å². The number of carbonyl (C=O) groups excluding carboxylic acids is 1. The molecule has 0 aromatic heterocycles. The molecule has 0 aromatic rings. The largest absolute Gasteiger partial charge is 0.461 e. The molecule has 5 unspecified atom stereocenters. The molecule has 4 rings (SSSR count). The molecule has 4 saturated carbocycles. The first-order chi connectivity index (χ1) is 12.3. The van der Waals surface area contributed by atoms with Crippen molar-refractivity contribution in [2.24, 2.45) is 17.3 Å².